The van der Waals surface area contributed by atoms with Gasteiger partial charge in [0, 0.05) is 25.9 Å². The second kappa shape index (κ2) is 4.49. The molecule has 1 saturated heterocycles. The summed E-state index contributed by atoms with van der Waals surface area (Å²) in [4.78, 5) is 23.7. The summed E-state index contributed by atoms with van der Waals surface area (Å²) in [5.41, 5.74) is 0.170. The molecule has 0 aromatic carbocycles. The predicted octanol–water partition coefficient (Wildman–Crippen LogP) is 1.14. The van der Waals surface area contributed by atoms with Crippen LogP contribution in [0, 0.1) is 0 Å². The molecule has 1 aromatic heterocycles. The molecular weight excluding hydrogens is 210 g/mol. The van der Waals surface area contributed by atoms with Gasteiger partial charge >= 0.3 is 5.97 Å². The Balaban J connectivity index is 1.93. The van der Waals surface area contributed by atoms with Gasteiger partial charge in [0.15, 0.2) is 0 Å². The van der Waals surface area contributed by atoms with Gasteiger partial charge in [-0.25, -0.2) is 4.79 Å². The quantitative estimate of drug-likeness (QED) is 0.832. The Morgan fingerprint density at radius 3 is 2.69 bits per heavy atom. The van der Waals surface area contributed by atoms with Crippen molar-refractivity contribution in [1.82, 2.24) is 4.90 Å². The average Bonchev–Trinajstić information content (AvgIpc) is 2.70. The third-order valence-electron chi connectivity index (χ3n) is 2.69. The van der Waals surface area contributed by atoms with E-state index in [1.54, 1.807) is 0 Å². The van der Waals surface area contributed by atoms with Gasteiger partial charge in [0.25, 0.3) is 0 Å². The number of furan rings is 1. The van der Waals surface area contributed by atoms with Crippen LogP contribution in [0.25, 0.3) is 0 Å². The van der Waals surface area contributed by atoms with Crippen LogP contribution in [-0.2, 0) is 11.3 Å². The number of piperidine rings is 1. The molecular formula is C11H13NO4. The predicted molar refractivity (Wildman–Crippen MR) is 55.2 cm³/mol. The molecule has 0 aliphatic carbocycles. The van der Waals surface area contributed by atoms with E-state index in [0.29, 0.717) is 30.9 Å². The maximum Gasteiger partial charge on any atom is 0.338 e. The van der Waals surface area contributed by atoms with E-state index in [9.17, 15) is 9.59 Å². The molecule has 0 atom stereocenters. The highest BCUT2D eigenvalue weighted by Crippen LogP contribution is 2.13. The fourth-order valence-corrected chi connectivity index (χ4v) is 1.76. The number of carboxylic acid groups (broad SMARTS) is 1. The first-order valence-electron chi connectivity index (χ1n) is 5.20. The largest absolute Gasteiger partial charge is 0.478 e. The van der Waals surface area contributed by atoms with E-state index in [1.807, 2.05) is 0 Å². The highest BCUT2D eigenvalue weighted by atomic mass is 16.4. The second-order valence-corrected chi connectivity index (χ2v) is 3.92. The van der Waals surface area contributed by atoms with Crippen molar-refractivity contribution in [2.24, 2.45) is 0 Å². The number of carbonyl (C=O) groups excluding carboxylic acids is 1. The molecule has 2 rings (SSSR count). The zero-order valence-corrected chi connectivity index (χ0v) is 8.81. The van der Waals surface area contributed by atoms with Gasteiger partial charge in [0.2, 0.25) is 0 Å². The van der Waals surface area contributed by atoms with Gasteiger partial charge in [-0.1, -0.05) is 0 Å². The Morgan fingerprint density at radius 2 is 2.12 bits per heavy atom. The molecule has 0 spiro atoms. The molecule has 0 radical (unpaired) electrons. The van der Waals surface area contributed by atoms with Crippen LogP contribution in [0.15, 0.2) is 16.7 Å². The summed E-state index contributed by atoms with van der Waals surface area (Å²) in [5.74, 6) is -0.0579. The molecule has 5 heteroatoms. The highest BCUT2D eigenvalue weighted by molar-refractivity contribution is 5.87. The number of carboxylic acids is 1. The van der Waals surface area contributed by atoms with Crippen LogP contribution in [0.3, 0.4) is 0 Å². The molecule has 1 aliphatic rings. The van der Waals surface area contributed by atoms with Crippen LogP contribution in [-0.4, -0.2) is 34.8 Å². The van der Waals surface area contributed by atoms with Crippen LogP contribution in [0.1, 0.15) is 29.0 Å². The van der Waals surface area contributed by atoms with Gasteiger partial charge in [-0.2, -0.15) is 0 Å². The van der Waals surface area contributed by atoms with Crippen molar-refractivity contribution in [3.05, 3.63) is 23.7 Å². The maximum absolute atomic E-state index is 11.0. The fourth-order valence-electron chi connectivity index (χ4n) is 1.76. The first-order valence-corrected chi connectivity index (χ1v) is 5.20. The van der Waals surface area contributed by atoms with E-state index >= 15 is 0 Å². The molecule has 1 N–H and O–H groups in total. The van der Waals surface area contributed by atoms with Crippen molar-refractivity contribution in [2.75, 3.05) is 13.1 Å². The minimum absolute atomic E-state index is 0.170. The topological polar surface area (TPSA) is 70.8 Å². The van der Waals surface area contributed by atoms with Crippen LogP contribution in [0.5, 0.6) is 0 Å². The van der Waals surface area contributed by atoms with Crippen molar-refractivity contribution >= 4 is 11.8 Å². The second-order valence-electron chi connectivity index (χ2n) is 3.92. The third-order valence-corrected chi connectivity index (χ3v) is 2.69. The third kappa shape index (κ3) is 2.49. The number of Topliss-reactive ketones (excluding diaryl/α,β-unsaturated/α-hetero) is 1. The Kier molecular flexibility index (Phi) is 3.05. The van der Waals surface area contributed by atoms with E-state index in [1.165, 1.54) is 12.3 Å². The molecule has 0 unspecified atom stereocenters. The summed E-state index contributed by atoms with van der Waals surface area (Å²) in [7, 11) is 0. The van der Waals surface area contributed by atoms with E-state index in [0.717, 1.165) is 13.1 Å². The number of ketones is 1. The number of hydrogen-bond donors (Lipinski definition) is 1. The lowest BCUT2D eigenvalue weighted by Gasteiger charge is -2.24. The molecule has 0 amide bonds. The summed E-state index contributed by atoms with van der Waals surface area (Å²) in [6, 6.07) is 1.53. The molecule has 5 nitrogen and oxygen atoms in total. The molecule has 1 fully saturated rings. The first kappa shape index (κ1) is 10.9. The Bertz CT molecular complexity index is 400. The number of carbonyl (C=O) groups is 2. The Morgan fingerprint density at radius 1 is 1.44 bits per heavy atom. The Labute approximate surface area is 92.7 Å². The molecule has 16 heavy (non-hydrogen) atoms. The van der Waals surface area contributed by atoms with Crippen molar-refractivity contribution in [3.63, 3.8) is 0 Å². The lowest BCUT2D eigenvalue weighted by Crippen LogP contribution is -2.33. The van der Waals surface area contributed by atoms with Crippen LogP contribution >= 0.6 is 0 Å². The van der Waals surface area contributed by atoms with Crippen LogP contribution < -0.4 is 0 Å². The summed E-state index contributed by atoms with van der Waals surface area (Å²) < 4.78 is 5.15. The van der Waals surface area contributed by atoms with Gasteiger partial charge in [0.05, 0.1) is 12.1 Å². The number of likely N-dealkylation sites (tertiary alicyclic amines) is 1. The fraction of sp³-hybridized carbons (Fsp3) is 0.455. The molecule has 2 heterocycles. The summed E-state index contributed by atoms with van der Waals surface area (Å²) in [5, 5.41) is 8.72. The zero-order chi connectivity index (χ0) is 11.5. The zero-order valence-electron chi connectivity index (χ0n) is 8.81. The smallest absolute Gasteiger partial charge is 0.338 e. The van der Waals surface area contributed by atoms with Gasteiger partial charge < -0.3 is 9.52 Å². The van der Waals surface area contributed by atoms with E-state index in [-0.39, 0.29) is 5.56 Å². The van der Waals surface area contributed by atoms with Crippen molar-refractivity contribution in [3.8, 4) is 0 Å². The summed E-state index contributed by atoms with van der Waals surface area (Å²) in [6.07, 6.45) is 2.39. The molecule has 0 saturated carbocycles. The SMILES string of the molecule is O=C1CCN(Cc2cc(C(=O)O)co2)CC1. The van der Waals surface area contributed by atoms with Gasteiger partial charge in [-0.3, -0.25) is 9.69 Å². The first-order chi connectivity index (χ1) is 7.65. The van der Waals surface area contributed by atoms with E-state index in [4.69, 9.17) is 9.52 Å². The van der Waals surface area contributed by atoms with Gasteiger partial charge in [-0.15, -0.1) is 0 Å². The number of nitrogens with zero attached hydrogens (tertiary/aromatic N) is 1. The maximum atomic E-state index is 11.0. The normalized spacial score (nSPS) is 17.6. The number of aromatic carboxylic acids is 1. The molecule has 1 aromatic rings. The van der Waals surface area contributed by atoms with E-state index < -0.39 is 5.97 Å². The van der Waals surface area contributed by atoms with Crippen LogP contribution in [0.2, 0.25) is 0 Å². The van der Waals surface area contributed by atoms with Crippen LogP contribution in [0.4, 0.5) is 0 Å². The van der Waals surface area contributed by atoms with E-state index in [2.05, 4.69) is 4.90 Å². The molecule has 1 aliphatic heterocycles. The monoisotopic (exact) mass is 223 g/mol. The summed E-state index contributed by atoms with van der Waals surface area (Å²) in [6.45, 7) is 2.02. The standard InChI is InChI=1S/C11H13NO4/c13-9-1-3-12(4-2-9)6-10-5-8(7-16-10)11(14)15/h5,7H,1-4,6H2,(H,14,15). The van der Waals surface area contributed by atoms with Gasteiger partial charge in [-0.05, 0) is 6.07 Å². The number of rotatable bonds is 3. The lowest BCUT2D eigenvalue weighted by molar-refractivity contribution is -0.121. The molecule has 0 bridgehead atoms. The van der Waals surface area contributed by atoms with Gasteiger partial charge in [0.1, 0.15) is 17.8 Å². The number of hydrogen-bond acceptors (Lipinski definition) is 4. The minimum Gasteiger partial charge on any atom is -0.478 e. The van der Waals surface area contributed by atoms with Crippen molar-refractivity contribution < 1.29 is 19.1 Å². The highest BCUT2D eigenvalue weighted by Gasteiger charge is 2.18. The minimum atomic E-state index is -0.983. The van der Waals surface area contributed by atoms with Crippen molar-refractivity contribution in [2.45, 2.75) is 19.4 Å². The Hall–Kier alpha value is -1.62. The summed E-state index contributed by atoms with van der Waals surface area (Å²) >= 11 is 0. The molecule has 86 valence electrons. The van der Waals surface area contributed by atoms with Crippen molar-refractivity contribution in [1.29, 1.82) is 0 Å². The average molecular weight is 223 g/mol. The lowest BCUT2D eigenvalue weighted by atomic mass is 10.1.